The van der Waals surface area contributed by atoms with Gasteiger partial charge in [0.1, 0.15) is 0 Å². The summed E-state index contributed by atoms with van der Waals surface area (Å²) in [6.45, 7) is 6.19. The first-order chi connectivity index (χ1) is 7.58. The van der Waals surface area contributed by atoms with Crippen molar-refractivity contribution >= 4 is 5.91 Å². The summed E-state index contributed by atoms with van der Waals surface area (Å²) >= 11 is 0. The Morgan fingerprint density at radius 1 is 1.31 bits per heavy atom. The van der Waals surface area contributed by atoms with Crippen molar-refractivity contribution in [1.29, 1.82) is 0 Å². The lowest BCUT2D eigenvalue weighted by atomic mass is 10.1. The van der Waals surface area contributed by atoms with Gasteiger partial charge in [-0.15, -0.1) is 0 Å². The zero-order valence-corrected chi connectivity index (χ0v) is 10.2. The number of rotatable bonds is 3. The molecule has 0 aromatic heterocycles. The van der Waals surface area contributed by atoms with E-state index in [1.165, 1.54) is 24.0 Å². The molecule has 1 aromatic carbocycles. The first-order valence-corrected chi connectivity index (χ1v) is 5.96. The van der Waals surface area contributed by atoms with Crippen molar-refractivity contribution in [2.75, 3.05) is 0 Å². The van der Waals surface area contributed by atoms with E-state index in [-0.39, 0.29) is 5.91 Å². The number of carbonyl (C=O) groups is 1. The Balaban J connectivity index is 2.05. The molecule has 0 aliphatic heterocycles. The van der Waals surface area contributed by atoms with Crippen molar-refractivity contribution in [3.05, 3.63) is 34.9 Å². The van der Waals surface area contributed by atoms with Crippen molar-refractivity contribution in [3.63, 3.8) is 0 Å². The molecule has 1 saturated carbocycles. The zero-order chi connectivity index (χ0) is 11.7. The van der Waals surface area contributed by atoms with Crippen molar-refractivity contribution in [1.82, 2.24) is 5.32 Å². The van der Waals surface area contributed by atoms with E-state index in [4.69, 9.17) is 0 Å². The van der Waals surface area contributed by atoms with E-state index in [1.54, 1.807) is 0 Å². The molecule has 2 heteroatoms. The summed E-state index contributed by atoms with van der Waals surface area (Å²) in [5.41, 5.74) is 3.18. The normalized spacial score (nSPS) is 16.9. The number of carbonyl (C=O) groups excluding carboxylic acids is 1. The minimum Gasteiger partial charge on any atom is -0.349 e. The van der Waals surface area contributed by atoms with Gasteiger partial charge in [0, 0.05) is 11.6 Å². The molecule has 1 fully saturated rings. The second kappa shape index (κ2) is 4.28. The monoisotopic (exact) mass is 217 g/mol. The number of amides is 1. The lowest BCUT2D eigenvalue weighted by molar-refractivity contribution is 0.0936. The first kappa shape index (κ1) is 11.2. The van der Waals surface area contributed by atoms with Gasteiger partial charge in [0.15, 0.2) is 0 Å². The fourth-order valence-corrected chi connectivity index (χ4v) is 1.89. The Labute approximate surface area is 97.1 Å². The molecule has 0 saturated heterocycles. The molecule has 86 valence electrons. The molecular formula is C14H19NO. The lowest BCUT2D eigenvalue weighted by Crippen LogP contribution is -2.34. The highest BCUT2D eigenvalue weighted by atomic mass is 16.1. The lowest BCUT2D eigenvalue weighted by Gasteiger charge is -2.13. The van der Waals surface area contributed by atoms with Crippen molar-refractivity contribution < 1.29 is 4.79 Å². The van der Waals surface area contributed by atoms with Crippen LogP contribution in [0.15, 0.2) is 18.2 Å². The minimum absolute atomic E-state index is 0.0579. The van der Waals surface area contributed by atoms with Crippen LogP contribution in [0.4, 0.5) is 0 Å². The zero-order valence-electron chi connectivity index (χ0n) is 10.2. The average molecular weight is 217 g/mol. The molecule has 1 amide bonds. The first-order valence-electron chi connectivity index (χ1n) is 5.96. The van der Waals surface area contributed by atoms with Crippen molar-refractivity contribution in [2.45, 2.75) is 39.7 Å². The maximum absolute atomic E-state index is 11.9. The summed E-state index contributed by atoms with van der Waals surface area (Å²) in [7, 11) is 0. The molecular weight excluding hydrogens is 198 g/mol. The number of nitrogens with one attached hydrogen (secondary N) is 1. The van der Waals surface area contributed by atoms with E-state index < -0.39 is 0 Å². The van der Waals surface area contributed by atoms with Crippen LogP contribution in [-0.4, -0.2) is 11.9 Å². The molecule has 1 aromatic rings. The van der Waals surface area contributed by atoms with Crippen molar-refractivity contribution in [2.24, 2.45) is 5.92 Å². The van der Waals surface area contributed by atoms with Crippen LogP contribution in [0.1, 0.15) is 41.3 Å². The number of hydrogen-bond donors (Lipinski definition) is 1. The fourth-order valence-electron chi connectivity index (χ4n) is 1.89. The summed E-state index contributed by atoms with van der Waals surface area (Å²) in [6, 6.07) is 6.18. The largest absolute Gasteiger partial charge is 0.349 e. The average Bonchev–Trinajstić information content (AvgIpc) is 3.05. The molecule has 2 rings (SSSR count). The van der Waals surface area contributed by atoms with Crippen LogP contribution in [0, 0.1) is 19.8 Å². The van der Waals surface area contributed by atoms with Crippen LogP contribution in [-0.2, 0) is 0 Å². The molecule has 2 nitrogen and oxygen atoms in total. The number of hydrogen-bond acceptors (Lipinski definition) is 1. The van der Waals surface area contributed by atoms with Gasteiger partial charge < -0.3 is 5.32 Å². The van der Waals surface area contributed by atoms with E-state index in [0.29, 0.717) is 12.0 Å². The van der Waals surface area contributed by atoms with Crippen LogP contribution in [0.3, 0.4) is 0 Å². The number of aryl methyl sites for hydroxylation is 2. The van der Waals surface area contributed by atoms with Crippen LogP contribution >= 0.6 is 0 Å². The van der Waals surface area contributed by atoms with E-state index in [0.717, 1.165) is 5.56 Å². The molecule has 0 radical (unpaired) electrons. The molecule has 16 heavy (non-hydrogen) atoms. The second-order valence-electron chi connectivity index (χ2n) is 4.90. The molecule has 0 heterocycles. The maximum atomic E-state index is 11.9. The third-order valence-electron chi connectivity index (χ3n) is 3.46. The smallest absolute Gasteiger partial charge is 0.251 e. The standard InChI is InChI=1S/C14H19NO/c1-9-4-5-13(8-10(9)2)14(16)15-11(3)12-6-7-12/h4-5,8,11-12H,6-7H2,1-3H3,(H,15,16). The van der Waals surface area contributed by atoms with Gasteiger partial charge in [0.05, 0.1) is 0 Å². The predicted octanol–water partition coefficient (Wildman–Crippen LogP) is 2.83. The van der Waals surface area contributed by atoms with Gasteiger partial charge in [-0.1, -0.05) is 6.07 Å². The summed E-state index contributed by atoms with van der Waals surface area (Å²) in [6.07, 6.45) is 2.52. The molecule has 1 unspecified atom stereocenters. The highest BCUT2D eigenvalue weighted by Gasteiger charge is 2.29. The van der Waals surface area contributed by atoms with Gasteiger partial charge in [-0.25, -0.2) is 0 Å². The maximum Gasteiger partial charge on any atom is 0.251 e. The van der Waals surface area contributed by atoms with Crippen LogP contribution < -0.4 is 5.32 Å². The Kier molecular flexibility index (Phi) is 2.99. The Bertz CT molecular complexity index is 407. The highest BCUT2D eigenvalue weighted by Crippen LogP contribution is 2.32. The van der Waals surface area contributed by atoms with Gasteiger partial charge in [0.25, 0.3) is 5.91 Å². The fraction of sp³-hybridized carbons (Fsp3) is 0.500. The topological polar surface area (TPSA) is 29.1 Å². The SMILES string of the molecule is Cc1ccc(C(=O)NC(C)C2CC2)cc1C. The summed E-state index contributed by atoms with van der Waals surface area (Å²) < 4.78 is 0. The summed E-state index contributed by atoms with van der Waals surface area (Å²) in [5, 5.41) is 3.07. The summed E-state index contributed by atoms with van der Waals surface area (Å²) in [5.74, 6) is 0.762. The van der Waals surface area contributed by atoms with E-state index in [2.05, 4.69) is 19.2 Å². The molecule has 1 N–H and O–H groups in total. The van der Waals surface area contributed by atoms with Gasteiger partial charge in [-0.05, 0) is 62.8 Å². The molecule has 1 atom stereocenters. The second-order valence-corrected chi connectivity index (χ2v) is 4.90. The molecule has 1 aliphatic carbocycles. The molecule has 1 aliphatic rings. The highest BCUT2D eigenvalue weighted by molar-refractivity contribution is 5.94. The van der Waals surface area contributed by atoms with E-state index in [1.807, 2.05) is 25.1 Å². The van der Waals surface area contributed by atoms with Crippen LogP contribution in [0.5, 0.6) is 0 Å². The minimum atomic E-state index is 0.0579. The Hall–Kier alpha value is -1.31. The van der Waals surface area contributed by atoms with Crippen LogP contribution in [0.25, 0.3) is 0 Å². The Morgan fingerprint density at radius 2 is 2.00 bits per heavy atom. The predicted molar refractivity (Wildman–Crippen MR) is 65.6 cm³/mol. The van der Waals surface area contributed by atoms with E-state index in [9.17, 15) is 4.79 Å². The van der Waals surface area contributed by atoms with Crippen LogP contribution in [0.2, 0.25) is 0 Å². The van der Waals surface area contributed by atoms with Gasteiger partial charge in [0.2, 0.25) is 0 Å². The Morgan fingerprint density at radius 3 is 2.56 bits per heavy atom. The number of benzene rings is 1. The van der Waals surface area contributed by atoms with Gasteiger partial charge in [-0.3, -0.25) is 4.79 Å². The van der Waals surface area contributed by atoms with E-state index >= 15 is 0 Å². The van der Waals surface area contributed by atoms with Gasteiger partial charge >= 0.3 is 0 Å². The third-order valence-corrected chi connectivity index (χ3v) is 3.46. The molecule has 0 bridgehead atoms. The third kappa shape index (κ3) is 2.43. The van der Waals surface area contributed by atoms with Gasteiger partial charge in [-0.2, -0.15) is 0 Å². The quantitative estimate of drug-likeness (QED) is 0.828. The summed E-state index contributed by atoms with van der Waals surface area (Å²) in [4.78, 5) is 11.9. The van der Waals surface area contributed by atoms with Crippen molar-refractivity contribution in [3.8, 4) is 0 Å². The molecule has 0 spiro atoms.